The van der Waals surface area contributed by atoms with E-state index in [0.29, 0.717) is 39.3 Å². The fourth-order valence-corrected chi connectivity index (χ4v) is 5.27. The van der Waals surface area contributed by atoms with Gasteiger partial charge in [-0.25, -0.2) is 4.98 Å². The van der Waals surface area contributed by atoms with E-state index in [2.05, 4.69) is 20.9 Å². The lowest BCUT2D eigenvalue weighted by Crippen LogP contribution is -2.30. The van der Waals surface area contributed by atoms with Gasteiger partial charge in [-0.1, -0.05) is 41.9 Å². The van der Waals surface area contributed by atoms with E-state index in [1.54, 1.807) is 97.2 Å². The summed E-state index contributed by atoms with van der Waals surface area (Å²) in [6.07, 6.45) is 1.60. The average Bonchev–Trinajstić information content (AvgIpc) is 3.43. The molecule has 0 spiro atoms. The van der Waals surface area contributed by atoms with Crippen molar-refractivity contribution < 1.29 is 23.9 Å². The maximum absolute atomic E-state index is 13.2. The molecular weight excluding hydrogens is 608 g/mol. The predicted molar refractivity (Wildman–Crippen MR) is 170 cm³/mol. The zero-order valence-electron chi connectivity index (χ0n) is 23.0. The van der Waals surface area contributed by atoms with Crippen LogP contribution in [0.1, 0.15) is 28.5 Å². The summed E-state index contributed by atoms with van der Waals surface area (Å²) in [4.78, 5) is 55.1. The van der Waals surface area contributed by atoms with Crippen LogP contribution in [0.5, 0.6) is 0 Å². The van der Waals surface area contributed by atoms with Gasteiger partial charge in [-0.05, 0) is 67.1 Å². The molecule has 43 heavy (non-hydrogen) atoms. The van der Waals surface area contributed by atoms with E-state index in [-0.39, 0.29) is 29.7 Å². The van der Waals surface area contributed by atoms with Crippen LogP contribution < -0.4 is 16.0 Å². The standard InChI is InChI=1S/C31H27ClN4O5S2/c1-2-41-28(38)17-24-18-43-31(34-24)36-27(37)19-42-25-13-11-23(12-14-25)33-30(40)26(16-20-7-6-10-22(32)15-20)35-29(39)21-8-4-3-5-9-21/h3-16,18H,2,17,19H2,1H3,(H,33,40)(H,35,39)(H,34,36,37)/b26-16-. The van der Waals surface area contributed by atoms with Gasteiger partial charge in [0, 0.05) is 26.5 Å². The van der Waals surface area contributed by atoms with E-state index in [1.165, 1.54) is 23.1 Å². The van der Waals surface area contributed by atoms with Gasteiger partial charge in [0.1, 0.15) is 5.70 Å². The van der Waals surface area contributed by atoms with Crippen molar-refractivity contribution in [3.8, 4) is 0 Å². The number of ether oxygens (including phenoxy) is 1. The number of rotatable bonds is 12. The van der Waals surface area contributed by atoms with Gasteiger partial charge in [-0.2, -0.15) is 0 Å². The predicted octanol–water partition coefficient (Wildman–Crippen LogP) is 6.04. The Morgan fingerprint density at radius 2 is 1.74 bits per heavy atom. The number of thioether (sulfide) groups is 1. The first-order valence-corrected chi connectivity index (χ1v) is 15.3. The second kappa shape index (κ2) is 15.7. The Labute approximate surface area is 261 Å². The molecular formula is C31H27ClN4O5S2. The molecule has 3 aromatic carbocycles. The van der Waals surface area contributed by atoms with Gasteiger partial charge >= 0.3 is 5.97 Å². The molecule has 0 aliphatic carbocycles. The third-order valence-electron chi connectivity index (χ3n) is 5.60. The molecule has 12 heteroatoms. The Hall–Kier alpha value is -4.45. The van der Waals surface area contributed by atoms with Gasteiger partial charge in [0.15, 0.2) is 5.13 Å². The SMILES string of the molecule is CCOC(=O)Cc1csc(NC(=O)CSc2ccc(NC(=O)/C(=C/c3cccc(Cl)c3)NC(=O)c3ccccc3)cc2)n1. The van der Waals surface area contributed by atoms with Crippen LogP contribution in [0.3, 0.4) is 0 Å². The first kappa shape index (κ1) is 31.5. The molecule has 220 valence electrons. The van der Waals surface area contributed by atoms with Crippen LogP contribution in [0.4, 0.5) is 10.8 Å². The molecule has 4 rings (SSSR count). The molecule has 0 aliphatic heterocycles. The van der Waals surface area contributed by atoms with Crippen molar-refractivity contribution in [3.63, 3.8) is 0 Å². The van der Waals surface area contributed by atoms with Gasteiger partial charge in [0.05, 0.1) is 24.5 Å². The monoisotopic (exact) mass is 634 g/mol. The van der Waals surface area contributed by atoms with E-state index < -0.39 is 11.8 Å². The molecule has 0 unspecified atom stereocenters. The zero-order chi connectivity index (χ0) is 30.6. The number of nitrogens with one attached hydrogen (secondary N) is 3. The molecule has 3 N–H and O–H groups in total. The first-order chi connectivity index (χ1) is 20.8. The molecule has 0 saturated carbocycles. The summed E-state index contributed by atoms with van der Waals surface area (Å²) in [7, 11) is 0. The van der Waals surface area contributed by atoms with Crippen molar-refractivity contribution in [2.45, 2.75) is 18.2 Å². The number of carbonyl (C=O) groups excluding carboxylic acids is 4. The highest BCUT2D eigenvalue weighted by atomic mass is 35.5. The van der Waals surface area contributed by atoms with Gasteiger partial charge in [0.25, 0.3) is 11.8 Å². The highest BCUT2D eigenvalue weighted by molar-refractivity contribution is 8.00. The van der Waals surface area contributed by atoms with E-state index in [1.807, 2.05) is 0 Å². The van der Waals surface area contributed by atoms with Crippen LogP contribution >= 0.6 is 34.7 Å². The van der Waals surface area contributed by atoms with Crippen molar-refractivity contribution in [1.82, 2.24) is 10.3 Å². The molecule has 1 heterocycles. The van der Waals surface area contributed by atoms with Crippen molar-refractivity contribution >= 4 is 75.3 Å². The molecule has 9 nitrogen and oxygen atoms in total. The van der Waals surface area contributed by atoms with Crippen molar-refractivity contribution in [2.75, 3.05) is 23.0 Å². The second-order valence-corrected chi connectivity index (χ2v) is 11.2. The fourth-order valence-electron chi connectivity index (χ4n) is 3.65. The van der Waals surface area contributed by atoms with Gasteiger partial charge in [0.2, 0.25) is 5.91 Å². The van der Waals surface area contributed by atoms with E-state index in [4.69, 9.17) is 16.3 Å². The van der Waals surface area contributed by atoms with Crippen LogP contribution in [0.15, 0.2) is 94.8 Å². The number of nitrogens with zero attached hydrogens (tertiary/aromatic N) is 1. The zero-order valence-corrected chi connectivity index (χ0v) is 25.4. The molecule has 4 aromatic rings. The molecule has 0 saturated heterocycles. The summed E-state index contributed by atoms with van der Waals surface area (Å²) in [5.74, 6) is -1.43. The molecule has 0 aliphatic rings. The van der Waals surface area contributed by atoms with E-state index in [0.717, 1.165) is 4.90 Å². The number of aromatic nitrogens is 1. The minimum absolute atomic E-state index is 0.0406. The summed E-state index contributed by atoms with van der Waals surface area (Å²) < 4.78 is 4.91. The van der Waals surface area contributed by atoms with Crippen molar-refractivity contribution in [2.24, 2.45) is 0 Å². The highest BCUT2D eigenvalue weighted by Crippen LogP contribution is 2.22. The largest absolute Gasteiger partial charge is 0.466 e. The molecule has 0 radical (unpaired) electrons. The summed E-state index contributed by atoms with van der Waals surface area (Å²) >= 11 is 8.65. The number of esters is 1. The Morgan fingerprint density at radius 1 is 0.977 bits per heavy atom. The fraction of sp³-hybridized carbons (Fsp3) is 0.129. The summed E-state index contributed by atoms with van der Waals surface area (Å²) in [6, 6.07) is 22.5. The summed E-state index contributed by atoms with van der Waals surface area (Å²) in [5.41, 5.74) is 2.13. The lowest BCUT2D eigenvalue weighted by Gasteiger charge is -2.12. The lowest BCUT2D eigenvalue weighted by molar-refractivity contribution is -0.142. The number of carbonyl (C=O) groups is 4. The van der Waals surface area contributed by atoms with E-state index >= 15 is 0 Å². The van der Waals surface area contributed by atoms with Crippen molar-refractivity contribution in [1.29, 1.82) is 0 Å². The third kappa shape index (κ3) is 10.1. The highest BCUT2D eigenvalue weighted by Gasteiger charge is 2.16. The van der Waals surface area contributed by atoms with Crippen LogP contribution in [0, 0.1) is 0 Å². The number of anilines is 2. The topological polar surface area (TPSA) is 126 Å². The Balaban J connectivity index is 1.34. The Morgan fingerprint density at radius 3 is 2.47 bits per heavy atom. The maximum atomic E-state index is 13.2. The van der Waals surface area contributed by atoms with Gasteiger partial charge in [-0.3, -0.25) is 19.2 Å². The molecule has 0 bridgehead atoms. The van der Waals surface area contributed by atoms with Crippen LogP contribution in [-0.2, 0) is 25.5 Å². The van der Waals surface area contributed by atoms with Crippen LogP contribution in [0.25, 0.3) is 6.08 Å². The van der Waals surface area contributed by atoms with E-state index in [9.17, 15) is 19.2 Å². The normalized spacial score (nSPS) is 11.0. The van der Waals surface area contributed by atoms with Crippen LogP contribution in [0.2, 0.25) is 5.02 Å². The smallest absolute Gasteiger partial charge is 0.311 e. The number of hydrogen-bond donors (Lipinski definition) is 3. The van der Waals surface area contributed by atoms with Gasteiger partial charge in [-0.15, -0.1) is 23.1 Å². The number of benzene rings is 3. The minimum Gasteiger partial charge on any atom is -0.466 e. The quantitative estimate of drug-likeness (QED) is 0.0985. The van der Waals surface area contributed by atoms with Crippen LogP contribution in [-0.4, -0.2) is 41.0 Å². The lowest BCUT2D eigenvalue weighted by atomic mass is 10.1. The average molecular weight is 635 g/mol. The third-order valence-corrected chi connectivity index (χ3v) is 7.65. The molecule has 0 atom stereocenters. The van der Waals surface area contributed by atoms with Crippen molar-refractivity contribution in [3.05, 3.63) is 112 Å². The minimum atomic E-state index is -0.519. The number of thiazole rings is 1. The summed E-state index contributed by atoms with van der Waals surface area (Å²) in [6.45, 7) is 2.03. The molecule has 1 aromatic heterocycles. The molecule has 0 fully saturated rings. The summed E-state index contributed by atoms with van der Waals surface area (Å²) in [5, 5.41) is 10.8. The second-order valence-electron chi connectivity index (χ2n) is 8.87. The number of hydrogen-bond acceptors (Lipinski definition) is 8. The number of halogens is 1. The Kier molecular flexibility index (Phi) is 11.5. The number of amides is 3. The van der Waals surface area contributed by atoms with Gasteiger partial charge < -0.3 is 20.7 Å². The molecule has 3 amide bonds. The maximum Gasteiger partial charge on any atom is 0.311 e. The Bertz CT molecular complexity index is 1620. The first-order valence-electron chi connectivity index (χ1n) is 13.1.